The molecule has 1 aliphatic heterocycles. The Morgan fingerprint density at radius 3 is 2.76 bits per heavy atom. The van der Waals surface area contributed by atoms with Crippen molar-refractivity contribution in [2.75, 3.05) is 24.8 Å². The summed E-state index contributed by atoms with van der Waals surface area (Å²) in [6.45, 7) is 3.46. The Morgan fingerprint density at radius 1 is 1.29 bits per heavy atom. The number of aromatic nitrogens is 3. The third kappa shape index (κ3) is 4.49. The summed E-state index contributed by atoms with van der Waals surface area (Å²) in [5, 5.41) is 3.51. The van der Waals surface area contributed by atoms with Gasteiger partial charge in [-0.3, -0.25) is 4.79 Å². The number of nitrogens with one attached hydrogen (secondary N) is 2. The number of hydrogen-bond acceptors (Lipinski definition) is 6. The standard InChI is InChI=1S/C26H29N5O3/c1-26(12-13-26)21-19(11-10-18-5-3-4-14-34-18)20-22(27)30-24(31-23(20)29-21)25(32)28-17-8-6-16(7-9-17)15-33-2/h6-9,18H,3-5,12-15H2,1-2H3,(H,28,32)(H3,27,29,30,31). The number of amides is 1. The van der Waals surface area contributed by atoms with E-state index in [2.05, 4.69) is 39.0 Å². The van der Waals surface area contributed by atoms with Crippen LogP contribution in [0.1, 0.15) is 66.5 Å². The number of carbonyl (C=O) groups excluding carboxylic acids is 1. The number of hydrogen-bond donors (Lipinski definition) is 3. The van der Waals surface area contributed by atoms with Gasteiger partial charge in [-0.05, 0) is 49.8 Å². The van der Waals surface area contributed by atoms with Crippen molar-refractivity contribution < 1.29 is 14.3 Å². The van der Waals surface area contributed by atoms with Crippen LogP contribution in [0.15, 0.2) is 24.3 Å². The number of aromatic amines is 1. The maximum Gasteiger partial charge on any atom is 0.293 e. The highest BCUT2D eigenvalue weighted by Gasteiger charge is 2.43. The lowest BCUT2D eigenvalue weighted by Crippen LogP contribution is -2.17. The minimum absolute atomic E-state index is 0.00911. The van der Waals surface area contributed by atoms with E-state index in [-0.39, 0.29) is 23.2 Å². The molecular weight excluding hydrogens is 430 g/mol. The lowest BCUT2D eigenvalue weighted by Gasteiger charge is -2.17. The highest BCUT2D eigenvalue weighted by Crippen LogP contribution is 2.49. The van der Waals surface area contributed by atoms with Crippen LogP contribution in [0.4, 0.5) is 11.5 Å². The number of ether oxygens (including phenoxy) is 2. The van der Waals surface area contributed by atoms with Gasteiger partial charge in [0, 0.05) is 30.5 Å². The van der Waals surface area contributed by atoms with Crippen molar-refractivity contribution in [2.45, 2.75) is 57.2 Å². The lowest BCUT2D eigenvalue weighted by atomic mass is 9.99. The molecule has 2 aromatic heterocycles. The third-order valence-corrected chi connectivity index (χ3v) is 6.55. The van der Waals surface area contributed by atoms with Gasteiger partial charge < -0.3 is 25.5 Å². The van der Waals surface area contributed by atoms with Crippen molar-refractivity contribution in [3.63, 3.8) is 0 Å². The fourth-order valence-electron chi connectivity index (χ4n) is 4.28. The van der Waals surface area contributed by atoms with Gasteiger partial charge in [0.2, 0.25) is 5.82 Å². The summed E-state index contributed by atoms with van der Waals surface area (Å²) < 4.78 is 10.9. The highest BCUT2D eigenvalue weighted by molar-refractivity contribution is 6.04. The topological polar surface area (TPSA) is 115 Å². The van der Waals surface area contributed by atoms with Gasteiger partial charge in [0.1, 0.15) is 17.6 Å². The first-order valence-corrected chi connectivity index (χ1v) is 11.7. The number of anilines is 2. The van der Waals surface area contributed by atoms with E-state index < -0.39 is 5.91 Å². The number of methoxy groups -OCH3 is 1. The summed E-state index contributed by atoms with van der Waals surface area (Å²) in [6.07, 6.45) is 5.20. The zero-order valence-corrected chi connectivity index (χ0v) is 19.5. The number of nitrogens with two attached hydrogens (primary N) is 1. The van der Waals surface area contributed by atoms with Crippen molar-refractivity contribution in [1.82, 2.24) is 15.0 Å². The Labute approximate surface area is 198 Å². The van der Waals surface area contributed by atoms with Gasteiger partial charge in [-0.25, -0.2) is 9.97 Å². The molecule has 4 N–H and O–H groups in total. The molecule has 176 valence electrons. The summed E-state index contributed by atoms with van der Waals surface area (Å²) in [6, 6.07) is 7.42. The first kappa shape index (κ1) is 22.4. The van der Waals surface area contributed by atoms with Crippen molar-refractivity contribution in [2.24, 2.45) is 0 Å². The number of nitrogens with zero attached hydrogens (tertiary/aromatic N) is 2. The molecule has 1 amide bonds. The zero-order valence-electron chi connectivity index (χ0n) is 19.5. The maximum atomic E-state index is 12.9. The molecule has 1 aliphatic carbocycles. The monoisotopic (exact) mass is 459 g/mol. The van der Waals surface area contributed by atoms with Crippen LogP contribution < -0.4 is 11.1 Å². The van der Waals surface area contributed by atoms with Crippen LogP contribution in [0.25, 0.3) is 11.0 Å². The minimum Gasteiger partial charge on any atom is -0.383 e. The van der Waals surface area contributed by atoms with Crippen molar-refractivity contribution >= 4 is 28.4 Å². The SMILES string of the molecule is COCc1ccc(NC(=O)c2nc(N)c3c(C#CC4CCCCO4)c(C4(C)CC4)[nH]c3n2)cc1. The quantitative estimate of drug-likeness (QED) is 0.498. The number of fused-ring (bicyclic) bond motifs is 1. The van der Waals surface area contributed by atoms with Crippen molar-refractivity contribution in [1.29, 1.82) is 0 Å². The van der Waals surface area contributed by atoms with E-state index >= 15 is 0 Å². The molecule has 1 atom stereocenters. The third-order valence-electron chi connectivity index (χ3n) is 6.55. The Bertz CT molecular complexity index is 1280. The highest BCUT2D eigenvalue weighted by atomic mass is 16.5. The number of benzene rings is 1. The first-order valence-electron chi connectivity index (χ1n) is 11.7. The molecule has 8 heteroatoms. The predicted octanol–water partition coefficient (Wildman–Crippen LogP) is 3.91. The number of nitrogen functional groups attached to an aromatic ring is 1. The van der Waals surface area contributed by atoms with Crippen LogP contribution in [0.5, 0.6) is 0 Å². The second kappa shape index (κ2) is 9.09. The summed E-state index contributed by atoms with van der Waals surface area (Å²) >= 11 is 0. The fraction of sp³-hybridized carbons (Fsp3) is 0.423. The van der Waals surface area contributed by atoms with Gasteiger partial charge in [0.05, 0.1) is 17.6 Å². The average Bonchev–Trinajstić information content (AvgIpc) is 3.47. The van der Waals surface area contributed by atoms with E-state index in [0.29, 0.717) is 23.3 Å². The molecule has 0 bridgehead atoms. The van der Waals surface area contributed by atoms with E-state index in [0.717, 1.165) is 55.5 Å². The first-order chi connectivity index (χ1) is 16.5. The molecule has 2 aliphatic rings. The van der Waals surface area contributed by atoms with Gasteiger partial charge in [0.25, 0.3) is 5.91 Å². The van der Waals surface area contributed by atoms with E-state index in [1.807, 2.05) is 24.3 Å². The molecular formula is C26H29N5O3. The van der Waals surface area contributed by atoms with E-state index in [9.17, 15) is 4.79 Å². The van der Waals surface area contributed by atoms with Crippen LogP contribution in [0.2, 0.25) is 0 Å². The van der Waals surface area contributed by atoms with Gasteiger partial charge in [-0.1, -0.05) is 30.9 Å². The molecule has 1 saturated heterocycles. The lowest BCUT2D eigenvalue weighted by molar-refractivity contribution is 0.0526. The summed E-state index contributed by atoms with van der Waals surface area (Å²) in [7, 11) is 1.64. The van der Waals surface area contributed by atoms with Gasteiger partial charge in [-0.15, -0.1) is 0 Å². The second-order valence-corrected chi connectivity index (χ2v) is 9.30. The second-order valence-electron chi connectivity index (χ2n) is 9.30. The maximum absolute atomic E-state index is 12.9. The molecule has 0 radical (unpaired) electrons. The number of H-pyrrole nitrogens is 1. The molecule has 3 heterocycles. The van der Waals surface area contributed by atoms with Crippen LogP contribution in [0, 0.1) is 11.8 Å². The normalized spacial score (nSPS) is 18.8. The minimum atomic E-state index is -0.426. The Hall–Kier alpha value is -3.41. The van der Waals surface area contributed by atoms with Crippen LogP contribution >= 0.6 is 0 Å². The average molecular weight is 460 g/mol. The van der Waals surface area contributed by atoms with Crippen LogP contribution in [0.3, 0.4) is 0 Å². The predicted molar refractivity (Wildman–Crippen MR) is 130 cm³/mol. The molecule has 0 spiro atoms. The van der Waals surface area contributed by atoms with Crippen LogP contribution in [-0.2, 0) is 21.5 Å². The van der Waals surface area contributed by atoms with Crippen molar-refractivity contribution in [3.8, 4) is 11.8 Å². The molecule has 1 unspecified atom stereocenters. The Balaban J connectivity index is 1.46. The van der Waals surface area contributed by atoms with Crippen LogP contribution in [-0.4, -0.2) is 40.7 Å². The van der Waals surface area contributed by atoms with E-state index in [1.54, 1.807) is 7.11 Å². The van der Waals surface area contributed by atoms with Crippen molar-refractivity contribution in [3.05, 3.63) is 46.9 Å². The molecule has 8 nitrogen and oxygen atoms in total. The molecule has 1 aromatic carbocycles. The van der Waals surface area contributed by atoms with E-state index in [4.69, 9.17) is 15.2 Å². The number of rotatable bonds is 5. The molecule has 5 rings (SSSR count). The van der Waals surface area contributed by atoms with Gasteiger partial charge in [-0.2, -0.15) is 0 Å². The Kier molecular flexibility index (Phi) is 5.98. The summed E-state index contributed by atoms with van der Waals surface area (Å²) in [5.74, 6) is 6.42. The molecule has 1 saturated carbocycles. The van der Waals surface area contributed by atoms with E-state index in [1.165, 1.54) is 0 Å². The zero-order chi connectivity index (χ0) is 23.7. The van der Waals surface area contributed by atoms with Gasteiger partial charge in [0.15, 0.2) is 0 Å². The Morgan fingerprint density at radius 2 is 2.09 bits per heavy atom. The largest absolute Gasteiger partial charge is 0.383 e. The molecule has 3 aromatic rings. The molecule has 34 heavy (non-hydrogen) atoms. The smallest absolute Gasteiger partial charge is 0.293 e. The summed E-state index contributed by atoms with van der Waals surface area (Å²) in [5.41, 5.74) is 10.4. The molecule has 2 fully saturated rings. The summed E-state index contributed by atoms with van der Waals surface area (Å²) in [4.78, 5) is 25.1. The fourth-order valence-corrected chi connectivity index (χ4v) is 4.28. The number of carbonyl (C=O) groups is 1. The van der Waals surface area contributed by atoms with Gasteiger partial charge >= 0.3 is 0 Å².